The van der Waals surface area contributed by atoms with Crippen molar-refractivity contribution in [3.8, 4) is 0 Å². The van der Waals surface area contributed by atoms with Crippen LogP contribution in [0.1, 0.15) is 0 Å². The Balaban J connectivity index is 2.07. The Hall–Kier alpha value is -1.91. The van der Waals surface area contributed by atoms with E-state index >= 15 is 0 Å². The second-order valence-corrected chi connectivity index (χ2v) is 4.86. The summed E-state index contributed by atoms with van der Waals surface area (Å²) in [7, 11) is 0. The molecule has 3 rings (SSSR count). The summed E-state index contributed by atoms with van der Waals surface area (Å²) < 4.78 is 13.4. The molecule has 1 aromatic heterocycles. The summed E-state index contributed by atoms with van der Waals surface area (Å²) in [6.07, 6.45) is 0. The third kappa shape index (κ3) is 2.53. The number of hydrogen-bond donors (Lipinski definition) is 1. The minimum absolute atomic E-state index is 0.0705. The molecule has 0 fully saturated rings. The summed E-state index contributed by atoms with van der Waals surface area (Å²) in [6.45, 7) is 0. The Morgan fingerprint density at radius 1 is 1.00 bits per heavy atom. The van der Waals surface area contributed by atoms with E-state index in [2.05, 4.69) is 15.3 Å². The molecule has 3 aromatic rings. The van der Waals surface area contributed by atoms with Crippen LogP contribution in [0.25, 0.3) is 10.9 Å². The Morgan fingerprint density at radius 2 is 1.80 bits per heavy atom. The molecular weight excluding hydrogens is 300 g/mol. The van der Waals surface area contributed by atoms with Gasteiger partial charge in [0.1, 0.15) is 11.6 Å². The van der Waals surface area contributed by atoms with Crippen molar-refractivity contribution in [1.82, 2.24) is 9.97 Å². The van der Waals surface area contributed by atoms with Crippen LogP contribution in [0, 0.1) is 5.82 Å². The van der Waals surface area contributed by atoms with Gasteiger partial charge < -0.3 is 5.32 Å². The molecule has 1 N–H and O–H groups in total. The second-order valence-electron chi connectivity index (χ2n) is 4.11. The number of para-hydroxylation sites is 1. The zero-order valence-electron chi connectivity index (χ0n) is 10.1. The molecular formula is C14H8Cl2FN3. The lowest BCUT2D eigenvalue weighted by Gasteiger charge is -2.09. The van der Waals surface area contributed by atoms with Crippen LogP contribution >= 0.6 is 23.2 Å². The van der Waals surface area contributed by atoms with Gasteiger partial charge >= 0.3 is 0 Å². The van der Waals surface area contributed by atoms with Gasteiger partial charge in [0.25, 0.3) is 0 Å². The normalized spacial score (nSPS) is 10.8. The van der Waals surface area contributed by atoms with Crippen LogP contribution < -0.4 is 5.32 Å². The van der Waals surface area contributed by atoms with Gasteiger partial charge in [0.15, 0.2) is 0 Å². The van der Waals surface area contributed by atoms with Crippen molar-refractivity contribution in [3.05, 3.63) is 58.6 Å². The first-order chi connectivity index (χ1) is 9.63. The Morgan fingerprint density at radius 3 is 2.60 bits per heavy atom. The third-order valence-electron chi connectivity index (χ3n) is 2.76. The molecule has 0 spiro atoms. The summed E-state index contributed by atoms with van der Waals surface area (Å²) in [5, 5.41) is 4.02. The van der Waals surface area contributed by atoms with E-state index in [0.717, 1.165) is 5.39 Å². The molecule has 0 aliphatic heterocycles. The number of nitrogens with zero attached hydrogens (tertiary/aromatic N) is 2. The molecule has 0 amide bonds. The number of benzene rings is 2. The summed E-state index contributed by atoms with van der Waals surface area (Å²) >= 11 is 11.5. The Kier molecular flexibility index (Phi) is 3.42. The first-order valence-electron chi connectivity index (χ1n) is 5.78. The number of hydrogen-bond acceptors (Lipinski definition) is 3. The van der Waals surface area contributed by atoms with E-state index in [1.807, 2.05) is 24.3 Å². The molecule has 2 aromatic carbocycles. The second kappa shape index (κ2) is 5.23. The molecule has 6 heteroatoms. The predicted molar refractivity (Wildman–Crippen MR) is 79.2 cm³/mol. The molecule has 0 radical (unpaired) electrons. The quantitative estimate of drug-likeness (QED) is 0.690. The summed E-state index contributed by atoms with van der Waals surface area (Å²) in [4.78, 5) is 8.27. The van der Waals surface area contributed by atoms with Crippen LogP contribution in [0.2, 0.25) is 10.3 Å². The van der Waals surface area contributed by atoms with Crippen molar-refractivity contribution >= 4 is 45.6 Å². The van der Waals surface area contributed by atoms with Gasteiger partial charge in [-0.3, -0.25) is 0 Å². The molecule has 0 aliphatic carbocycles. The fraction of sp³-hybridized carbons (Fsp3) is 0. The molecule has 0 saturated carbocycles. The van der Waals surface area contributed by atoms with Gasteiger partial charge in [-0.25, -0.2) is 9.37 Å². The lowest BCUT2D eigenvalue weighted by Crippen LogP contribution is -1.97. The van der Waals surface area contributed by atoms with E-state index in [9.17, 15) is 4.39 Å². The molecule has 0 unspecified atom stereocenters. The van der Waals surface area contributed by atoms with E-state index in [4.69, 9.17) is 23.2 Å². The summed E-state index contributed by atoms with van der Waals surface area (Å²) in [5.74, 6) is 0.0171. The number of aromatic nitrogens is 2. The maximum Gasteiger partial charge on any atom is 0.224 e. The highest BCUT2D eigenvalue weighted by Crippen LogP contribution is 2.26. The summed E-state index contributed by atoms with van der Waals surface area (Å²) in [6, 6.07) is 11.9. The fourth-order valence-corrected chi connectivity index (χ4v) is 2.15. The average molecular weight is 308 g/mol. The van der Waals surface area contributed by atoms with E-state index in [-0.39, 0.29) is 10.3 Å². The maximum absolute atomic E-state index is 13.4. The van der Waals surface area contributed by atoms with Gasteiger partial charge in [0, 0.05) is 11.1 Å². The van der Waals surface area contributed by atoms with E-state index in [1.54, 1.807) is 6.07 Å². The highest BCUT2D eigenvalue weighted by Gasteiger charge is 2.08. The van der Waals surface area contributed by atoms with Gasteiger partial charge in [0.05, 0.1) is 10.5 Å². The smallest absolute Gasteiger partial charge is 0.224 e. The molecule has 0 bridgehead atoms. The topological polar surface area (TPSA) is 37.8 Å². The highest BCUT2D eigenvalue weighted by atomic mass is 35.5. The molecule has 0 saturated heterocycles. The first kappa shape index (κ1) is 13.1. The Bertz CT molecular complexity index is 792. The zero-order valence-corrected chi connectivity index (χ0v) is 11.6. The average Bonchev–Trinajstić information content (AvgIpc) is 2.43. The highest BCUT2D eigenvalue weighted by molar-refractivity contribution is 6.30. The number of nitrogens with one attached hydrogen (secondary N) is 1. The van der Waals surface area contributed by atoms with Crippen molar-refractivity contribution in [2.45, 2.75) is 0 Å². The maximum atomic E-state index is 13.4. The van der Waals surface area contributed by atoms with Crippen molar-refractivity contribution in [2.24, 2.45) is 0 Å². The van der Waals surface area contributed by atoms with Gasteiger partial charge in [-0.05, 0) is 41.9 Å². The van der Waals surface area contributed by atoms with Crippen LogP contribution in [0.15, 0.2) is 42.5 Å². The summed E-state index contributed by atoms with van der Waals surface area (Å²) in [5.41, 5.74) is 1.25. The molecule has 0 atom stereocenters. The minimum Gasteiger partial charge on any atom is -0.339 e. The van der Waals surface area contributed by atoms with Crippen LogP contribution in [0.4, 0.5) is 15.9 Å². The van der Waals surface area contributed by atoms with Crippen molar-refractivity contribution in [1.29, 1.82) is 0 Å². The van der Waals surface area contributed by atoms with Crippen molar-refractivity contribution < 1.29 is 4.39 Å². The van der Waals surface area contributed by atoms with Crippen LogP contribution in [0.3, 0.4) is 0 Å². The molecule has 3 nitrogen and oxygen atoms in total. The van der Waals surface area contributed by atoms with Gasteiger partial charge in [-0.2, -0.15) is 4.98 Å². The minimum atomic E-state index is -0.499. The Labute approximate surface area is 124 Å². The number of fused-ring (bicyclic) bond motifs is 1. The number of anilines is 2. The molecule has 100 valence electrons. The predicted octanol–water partition coefficient (Wildman–Crippen LogP) is 4.82. The van der Waals surface area contributed by atoms with E-state index in [0.29, 0.717) is 17.0 Å². The molecule has 1 heterocycles. The fourth-order valence-electron chi connectivity index (χ4n) is 1.85. The lowest BCUT2D eigenvalue weighted by atomic mass is 10.2. The van der Waals surface area contributed by atoms with Crippen molar-refractivity contribution in [3.63, 3.8) is 0 Å². The standard InChI is InChI=1S/C14H8Cl2FN3/c15-10-6-5-8(7-11(10)17)18-13-9-3-1-2-4-12(9)19-14(16)20-13/h1-7H,(H,18,19,20). The first-order valence-corrected chi connectivity index (χ1v) is 6.53. The number of halogens is 3. The van der Waals surface area contributed by atoms with Gasteiger partial charge in [-0.1, -0.05) is 23.7 Å². The van der Waals surface area contributed by atoms with E-state index in [1.165, 1.54) is 12.1 Å². The third-order valence-corrected chi connectivity index (χ3v) is 3.23. The molecule has 20 heavy (non-hydrogen) atoms. The van der Waals surface area contributed by atoms with Crippen LogP contribution in [-0.2, 0) is 0 Å². The SMILES string of the molecule is Fc1cc(Nc2nc(Cl)nc3ccccc23)ccc1Cl. The van der Waals surface area contributed by atoms with Crippen LogP contribution in [-0.4, -0.2) is 9.97 Å². The van der Waals surface area contributed by atoms with Crippen molar-refractivity contribution in [2.75, 3.05) is 5.32 Å². The number of rotatable bonds is 2. The lowest BCUT2D eigenvalue weighted by molar-refractivity contribution is 0.629. The zero-order chi connectivity index (χ0) is 14.1. The monoisotopic (exact) mass is 307 g/mol. The van der Waals surface area contributed by atoms with Gasteiger partial charge in [-0.15, -0.1) is 0 Å². The molecule has 0 aliphatic rings. The van der Waals surface area contributed by atoms with E-state index < -0.39 is 5.82 Å². The van der Waals surface area contributed by atoms with Gasteiger partial charge in [0.2, 0.25) is 5.28 Å². The van der Waals surface area contributed by atoms with Crippen LogP contribution in [0.5, 0.6) is 0 Å². The largest absolute Gasteiger partial charge is 0.339 e.